The Bertz CT molecular complexity index is 373. The van der Waals surface area contributed by atoms with E-state index in [1.54, 1.807) is 7.11 Å². The Kier molecular flexibility index (Phi) is 3.62. The molecule has 0 saturated carbocycles. The third-order valence-corrected chi connectivity index (χ3v) is 3.20. The molecular formula is C14H19NO. The average Bonchev–Trinajstić information content (AvgIpc) is 2.52. The highest BCUT2D eigenvalue weighted by Crippen LogP contribution is 2.21. The highest BCUT2D eigenvalue weighted by atomic mass is 16.5. The molecule has 1 aliphatic rings. The molecule has 2 heteroatoms. The third kappa shape index (κ3) is 2.45. The monoisotopic (exact) mass is 217 g/mol. The molecule has 86 valence electrons. The first kappa shape index (κ1) is 11.2. The van der Waals surface area contributed by atoms with Crippen LogP contribution < -0.4 is 4.74 Å². The SMILES string of the molecule is C=CCN1CCc2ccc(OC)cc2CC1. The van der Waals surface area contributed by atoms with Gasteiger partial charge in [0.15, 0.2) is 0 Å². The van der Waals surface area contributed by atoms with Gasteiger partial charge >= 0.3 is 0 Å². The summed E-state index contributed by atoms with van der Waals surface area (Å²) in [4.78, 5) is 2.44. The van der Waals surface area contributed by atoms with Crippen LogP contribution in [0.3, 0.4) is 0 Å². The number of nitrogens with zero attached hydrogens (tertiary/aromatic N) is 1. The minimum Gasteiger partial charge on any atom is -0.497 e. The minimum absolute atomic E-state index is 0.968. The zero-order chi connectivity index (χ0) is 11.4. The van der Waals surface area contributed by atoms with Crippen molar-refractivity contribution in [1.29, 1.82) is 0 Å². The van der Waals surface area contributed by atoms with Gasteiger partial charge in [-0.2, -0.15) is 0 Å². The number of fused-ring (bicyclic) bond motifs is 1. The molecule has 1 aliphatic heterocycles. The molecule has 0 amide bonds. The van der Waals surface area contributed by atoms with Gasteiger partial charge < -0.3 is 4.74 Å². The standard InChI is InChI=1S/C14H19NO/c1-3-8-15-9-6-12-4-5-14(16-2)11-13(12)7-10-15/h3-5,11H,1,6-10H2,2H3. The largest absolute Gasteiger partial charge is 0.497 e. The van der Waals surface area contributed by atoms with Gasteiger partial charge in [-0.1, -0.05) is 12.1 Å². The Labute approximate surface area is 97.5 Å². The normalized spacial score (nSPS) is 16.3. The molecule has 0 unspecified atom stereocenters. The molecule has 0 atom stereocenters. The van der Waals surface area contributed by atoms with E-state index in [0.29, 0.717) is 0 Å². The summed E-state index contributed by atoms with van der Waals surface area (Å²) < 4.78 is 5.27. The van der Waals surface area contributed by atoms with Crippen LogP contribution in [0.4, 0.5) is 0 Å². The van der Waals surface area contributed by atoms with Gasteiger partial charge in [-0.25, -0.2) is 0 Å². The molecule has 0 radical (unpaired) electrons. The summed E-state index contributed by atoms with van der Waals surface area (Å²) >= 11 is 0. The number of benzene rings is 1. The second-order valence-electron chi connectivity index (χ2n) is 4.22. The number of hydrogen-bond donors (Lipinski definition) is 0. The van der Waals surface area contributed by atoms with Crippen molar-refractivity contribution in [2.45, 2.75) is 12.8 Å². The average molecular weight is 217 g/mol. The van der Waals surface area contributed by atoms with Crippen molar-refractivity contribution in [2.24, 2.45) is 0 Å². The first-order valence-electron chi connectivity index (χ1n) is 5.82. The van der Waals surface area contributed by atoms with Crippen molar-refractivity contribution >= 4 is 0 Å². The Morgan fingerprint density at radius 3 is 2.75 bits per heavy atom. The van der Waals surface area contributed by atoms with Crippen LogP contribution in [0.15, 0.2) is 30.9 Å². The molecule has 1 heterocycles. The van der Waals surface area contributed by atoms with Crippen LogP contribution in [0.5, 0.6) is 5.75 Å². The number of hydrogen-bond acceptors (Lipinski definition) is 2. The maximum absolute atomic E-state index is 5.27. The lowest BCUT2D eigenvalue weighted by atomic mass is 10.0. The molecule has 1 aromatic carbocycles. The van der Waals surface area contributed by atoms with Crippen molar-refractivity contribution in [2.75, 3.05) is 26.7 Å². The van der Waals surface area contributed by atoms with Crippen LogP contribution in [-0.2, 0) is 12.8 Å². The van der Waals surface area contributed by atoms with Gasteiger partial charge in [0.05, 0.1) is 7.11 Å². The molecule has 0 fully saturated rings. The van der Waals surface area contributed by atoms with Gasteiger partial charge in [-0.05, 0) is 36.1 Å². The minimum atomic E-state index is 0.968. The smallest absolute Gasteiger partial charge is 0.119 e. The molecule has 0 spiro atoms. The Morgan fingerprint density at radius 1 is 1.31 bits per heavy atom. The van der Waals surface area contributed by atoms with Crippen molar-refractivity contribution in [3.05, 3.63) is 42.0 Å². The fraction of sp³-hybridized carbons (Fsp3) is 0.429. The quantitative estimate of drug-likeness (QED) is 0.720. The highest BCUT2D eigenvalue weighted by molar-refractivity contribution is 5.36. The lowest BCUT2D eigenvalue weighted by Gasteiger charge is -2.16. The van der Waals surface area contributed by atoms with Gasteiger partial charge in [-0.3, -0.25) is 4.90 Å². The molecule has 0 aromatic heterocycles. The summed E-state index contributed by atoms with van der Waals surface area (Å²) in [5.41, 5.74) is 2.90. The van der Waals surface area contributed by atoms with Crippen molar-refractivity contribution in [3.63, 3.8) is 0 Å². The van der Waals surface area contributed by atoms with E-state index >= 15 is 0 Å². The molecule has 2 nitrogen and oxygen atoms in total. The van der Waals surface area contributed by atoms with E-state index in [1.165, 1.54) is 11.1 Å². The molecule has 0 aliphatic carbocycles. The molecule has 0 bridgehead atoms. The second kappa shape index (κ2) is 5.17. The van der Waals surface area contributed by atoms with E-state index in [9.17, 15) is 0 Å². The highest BCUT2D eigenvalue weighted by Gasteiger charge is 2.13. The van der Waals surface area contributed by atoms with Gasteiger partial charge in [0.2, 0.25) is 0 Å². The van der Waals surface area contributed by atoms with E-state index in [1.807, 2.05) is 6.08 Å². The summed E-state index contributed by atoms with van der Waals surface area (Å²) in [6.07, 6.45) is 4.23. The summed E-state index contributed by atoms with van der Waals surface area (Å²) in [5, 5.41) is 0. The predicted octanol–water partition coefficient (Wildman–Crippen LogP) is 2.28. The predicted molar refractivity (Wildman–Crippen MR) is 67.0 cm³/mol. The van der Waals surface area contributed by atoms with E-state index in [2.05, 4.69) is 29.7 Å². The first-order valence-corrected chi connectivity index (χ1v) is 5.82. The first-order chi connectivity index (χ1) is 7.83. The molecule has 1 aromatic rings. The van der Waals surface area contributed by atoms with E-state index < -0.39 is 0 Å². The fourth-order valence-electron chi connectivity index (χ4n) is 2.24. The summed E-state index contributed by atoms with van der Waals surface area (Å²) in [6.45, 7) is 7.04. The fourth-order valence-corrected chi connectivity index (χ4v) is 2.24. The van der Waals surface area contributed by atoms with Crippen LogP contribution in [0.25, 0.3) is 0 Å². The van der Waals surface area contributed by atoms with Crippen LogP contribution in [-0.4, -0.2) is 31.6 Å². The number of ether oxygens (including phenoxy) is 1. The van der Waals surface area contributed by atoms with Crippen molar-refractivity contribution in [3.8, 4) is 5.75 Å². The topological polar surface area (TPSA) is 12.5 Å². The van der Waals surface area contributed by atoms with Gasteiger partial charge in [0.1, 0.15) is 5.75 Å². The van der Waals surface area contributed by atoms with E-state index in [-0.39, 0.29) is 0 Å². The summed E-state index contributed by atoms with van der Waals surface area (Å²) in [6, 6.07) is 6.43. The third-order valence-electron chi connectivity index (χ3n) is 3.20. The van der Waals surface area contributed by atoms with Crippen LogP contribution in [0.2, 0.25) is 0 Å². The maximum atomic E-state index is 5.27. The van der Waals surface area contributed by atoms with Crippen molar-refractivity contribution < 1.29 is 4.74 Å². The zero-order valence-corrected chi connectivity index (χ0v) is 9.91. The van der Waals surface area contributed by atoms with Gasteiger partial charge in [0.25, 0.3) is 0 Å². The summed E-state index contributed by atoms with van der Waals surface area (Å²) in [7, 11) is 1.72. The molecular weight excluding hydrogens is 198 g/mol. The van der Waals surface area contributed by atoms with E-state index in [0.717, 1.165) is 38.2 Å². The lowest BCUT2D eigenvalue weighted by Crippen LogP contribution is -2.26. The van der Waals surface area contributed by atoms with Crippen LogP contribution >= 0.6 is 0 Å². The Morgan fingerprint density at radius 2 is 2.06 bits per heavy atom. The summed E-state index contributed by atoms with van der Waals surface area (Å²) in [5.74, 6) is 0.968. The molecule has 0 N–H and O–H groups in total. The molecule has 2 rings (SSSR count). The van der Waals surface area contributed by atoms with E-state index in [4.69, 9.17) is 4.74 Å². The van der Waals surface area contributed by atoms with Crippen molar-refractivity contribution in [1.82, 2.24) is 4.90 Å². The maximum Gasteiger partial charge on any atom is 0.119 e. The molecule has 16 heavy (non-hydrogen) atoms. The van der Waals surface area contributed by atoms with Gasteiger partial charge in [-0.15, -0.1) is 6.58 Å². The number of rotatable bonds is 3. The zero-order valence-electron chi connectivity index (χ0n) is 9.91. The number of methoxy groups -OCH3 is 1. The Hall–Kier alpha value is -1.28. The van der Waals surface area contributed by atoms with Gasteiger partial charge in [0, 0.05) is 19.6 Å². The lowest BCUT2D eigenvalue weighted by molar-refractivity contribution is 0.318. The second-order valence-corrected chi connectivity index (χ2v) is 4.22. The molecule has 0 saturated heterocycles. The van der Waals surface area contributed by atoms with Crippen LogP contribution in [0.1, 0.15) is 11.1 Å². The Balaban J connectivity index is 2.14. The van der Waals surface area contributed by atoms with Crippen LogP contribution in [0, 0.1) is 0 Å².